The number of carbonyl (C=O) groups is 3. The summed E-state index contributed by atoms with van der Waals surface area (Å²) in [6.45, 7) is 3.40. The minimum atomic E-state index is -1.29. The summed E-state index contributed by atoms with van der Waals surface area (Å²) in [5, 5.41) is 10.8. The summed E-state index contributed by atoms with van der Waals surface area (Å²) in [5.41, 5.74) is 5.57. The third-order valence-corrected chi connectivity index (χ3v) is 1.44. The zero-order valence-corrected chi connectivity index (χ0v) is 8.61. The molecule has 4 N–H and O–H groups in total. The lowest BCUT2D eigenvalue weighted by Gasteiger charge is -2.10. The van der Waals surface area contributed by atoms with Gasteiger partial charge in [-0.25, -0.2) is 4.79 Å². The van der Waals surface area contributed by atoms with Crippen molar-refractivity contribution in [1.29, 1.82) is 0 Å². The van der Waals surface area contributed by atoms with Crippen LogP contribution in [0, 0.1) is 0 Å². The normalized spacial score (nSPS) is 11.3. The smallest absolute Gasteiger partial charge is 0.326 e. The van der Waals surface area contributed by atoms with Crippen molar-refractivity contribution in [2.24, 2.45) is 5.73 Å². The van der Waals surface area contributed by atoms with Gasteiger partial charge in [-0.2, -0.15) is 0 Å². The van der Waals surface area contributed by atoms with Crippen molar-refractivity contribution in [3.63, 3.8) is 0 Å². The molecule has 0 saturated heterocycles. The fraction of sp³-hybridized carbons (Fsp3) is 0.444. The molecule has 0 fully saturated rings. The van der Waals surface area contributed by atoms with Crippen LogP contribution in [0.4, 0.5) is 0 Å². The highest BCUT2D eigenvalue weighted by Crippen LogP contribution is 1.94. The zero-order chi connectivity index (χ0) is 12.0. The molecule has 0 spiro atoms. The highest BCUT2D eigenvalue weighted by atomic mass is 16.4. The van der Waals surface area contributed by atoms with Gasteiger partial charge in [0, 0.05) is 6.08 Å². The van der Waals surface area contributed by atoms with Crippen molar-refractivity contribution in [2.45, 2.75) is 26.3 Å². The molecule has 0 radical (unpaired) electrons. The van der Waals surface area contributed by atoms with E-state index in [2.05, 4.69) is 5.32 Å². The van der Waals surface area contributed by atoms with Crippen LogP contribution in [0.5, 0.6) is 0 Å². The SMILES string of the molecule is CC(C)=CC(=O)N[C@H](CC(N)=O)C(=O)O. The molecular formula is C9H14N2O4. The van der Waals surface area contributed by atoms with Crippen molar-refractivity contribution >= 4 is 17.8 Å². The number of hydrogen-bond donors (Lipinski definition) is 3. The summed E-state index contributed by atoms with van der Waals surface area (Å²) in [6.07, 6.45) is 0.828. The lowest BCUT2D eigenvalue weighted by molar-refractivity contribution is -0.142. The Balaban J connectivity index is 4.42. The standard InChI is InChI=1S/C9H14N2O4/c1-5(2)3-8(13)11-6(9(14)15)4-7(10)12/h3,6H,4H2,1-2H3,(H2,10,12)(H,11,13)(H,14,15)/t6-/m1/s1. The summed E-state index contributed by atoms with van der Waals surface area (Å²) >= 11 is 0. The van der Waals surface area contributed by atoms with Crippen LogP contribution in [0.15, 0.2) is 11.6 Å². The summed E-state index contributed by atoms with van der Waals surface area (Å²) in [7, 11) is 0. The molecule has 0 heterocycles. The van der Waals surface area contributed by atoms with Crippen molar-refractivity contribution in [3.05, 3.63) is 11.6 Å². The molecule has 6 nitrogen and oxygen atoms in total. The molecule has 2 amide bonds. The minimum absolute atomic E-state index is 0.419. The molecule has 0 aromatic rings. The molecule has 84 valence electrons. The molecule has 0 rings (SSSR count). The molecule has 0 aliphatic carbocycles. The molecule has 0 aliphatic heterocycles. The largest absolute Gasteiger partial charge is 0.480 e. The van der Waals surface area contributed by atoms with Crippen LogP contribution in [0.3, 0.4) is 0 Å². The fourth-order valence-electron chi connectivity index (χ4n) is 0.877. The maximum atomic E-state index is 11.1. The summed E-state index contributed by atoms with van der Waals surface area (Å²) < 4.78 is 0. The topological polar surface area (TPSA) is 109 Å². The van der Waals surface area contributed by atoms with Crippen molar-refractivity contribution in [2.75, 3.05) is 0 Å². The Labute approximate surface area is 87.1 Å². The number of carboxylic acids is 1. The Bertz CT molecular complexity index is 305. The Hall–Kier alpha value is -1.85. The molecule has 6 heteroatoms. The zero-order valence-electron chi connectivity index (χ0n) is 8.61. The number of amides is 2. The molecule has 0 aromatic carbocycles. The van der Waals surface area contributed by atoms with E-state index < -0.39 is 30.2 Å². The average molecular weight is 214 g/mol. The van der Waals surface area contributed by atoms with Crippen LogP contribution in [0.25, 0.3) is 0 Å². The Morgan fingerprint density at radius 1 is 1.40 bits per heavy atom. The Morgan fingerprint density at radius 2 is 1.93 bits per heavy atom. The summed E-state index contributed by atoms with van der Waals surface area (Å²) in [4.78, 5) is 32.3. The van der Waals surface area contributed by atoms with E-state index in [0.717, 1.165) is 5.57 Å². The average Bonchev–Trinajstić information content (AvgIpc) is 1.99. The second kappa shape index (κ2) is 5.79. The molecular weight excluding hydrogens is 200 g/mol. The second-order valence-corrected chi connectivity index (χ2v) is 3.29. The first-order valence-electron chi connectivity index (χ1n) is 4.29. The molecule has 0 unspecified atom stereocenters. The molecule has 0 bridgehead atoms. The van der Waals surface area contributed by atoms with Gasteiger partial charge in [0.05, 0.1) is 6.42 Å². The lowest BCUT2D eigenvalue weighted by Crippen LogP contribution is -2.42. The molecule has 0 aromatic heterocycles. The highest BCUT2D eigenvalue weighted by Gasteiger charge is 2.20. The van der Waals surface area contributed by atoms with Gasteiger partial charge in [-0.05, 0) is 13.8 Å². The Morgan fingerprint density at radius 3 is 2.27 bits per heavy atom. The van der Waals surface area contributed by atoms with E-state index >= 15 is 0 Å². The first kappa shape index (κ1) is 13.2. The van der Waals surface area contributed by atoms with E-state index in [0.29, 0.717) is 0 Å². The number of carboxylic acid groups (broad SMARTS) is 1. The van der Waals surface area contributed by atoms with Gasteiger partial charge in [-0.15, -0.1) is 0 Å². The monoisotopic (exact) mass is 214 g/mol. The van der Waals surface area contributed by atoms with Crippen molar-refractivity contribution in [3.8, 4) is 0 Å². The van der Waals surface area contributed by atoms with Crippen LogP contribution in [0.2, 0.25) is 0 Å². The van der Waals surface area contributed by atoms with Gasteiger partial charge in [-0.3, -0.25) is 9.59 Å². The van der Waals surface area contributed by atoms with Crippen LogP contribution in [0.1, 0.15) is 20.3 Å². The van der Waals surface area contributed by atoms with Gasteiger partial charge in [0.1, 0.15) is 6.04 Å². The van der Waals surface area contributed by atoms with Crippen molar-refractivity contribution in [1.82, 2.24) is 5.32 Å². The van der Waals surface area contributed by atoms with Crippen molar-refractivity contribution < 1.29 is 19.5 Å². The van der Waals surface area contributed by atoms with Crippen LogP contribution in [-0.2, 0) is 14.4 Å². The van der Waals surface area contributed by atoms with E-state index in [9.17, 15) is 14.4 Å². The predicted molar refractivity (Wildman–Crippen MR) is 52.8 cm³/mol. The summed E-state index contributed by atoms with van der Waals surface area (Å²) in [5.74, 6) is -2.62. The van der Waals surface area contributed by atoms with Crippen LogP contribution in [-0.4, -0.2) is 28.9 Å². The second-order valence-electron chi connectivity index (χ2n) is 3.29. The van der Waals surface area contributed by atoms with Gasteiger partial charge in [0.25, 0.3) is 0 Å². The molecule has 15 heavy (non-hydrogen) atoms. The number of carbonyl (C=O) groups excluding carboxylic acids is 2. The fourth-order valence-corrected chi connectivity index (χ4v) is 0.877. The number of allylic oxidation sites excluding steroid dienone is 1. The van der Waals surface area contributed by atoms with E-state index in [1.807, 2.05) is 0 Å². The van der Waals surface area contributed by atoms with Gasteiger partial charge in [-0.1, -0.05) is 5.57 Å². The number of aliphatic carboxylic acids is 1. The minimum Gasteiger partial charge on any atom is -0.480 e. The number of primary amides is 1. The maximum absolute atomic E-state index is 11.1. The third kappa shape index (κ3) is 6.25. The van der Waals surface area contributed by atoms with E-state index in [4.69, 9.17) is 10.8 Å². The van der Waals surface area contributed by atoms with Crippen LogP contribution >= 0.6 is 0 Å². The van der Waals surface area contributed by atoms with E-state index in [-0.39, 0.29) is 0 Å². The quantitative estimate of drug-likeness (QED) is 0.530. The molecule has 1 atom stereocenters. The number of hydrogen-bond acceptors (Lipinski definition) is 3. The lowest BCUT2D eigenvalue weighted by atomic mass is 10.2. The Kier molecular flexibility index (Phi) is 5.08. The third-order valence-electron chi connectivity index (χ3n) is 1.44. The first-order chi connectivity index (χ1) is 6.82. The highest BCUT2D eigenvalue weighted by molar-refractivity contribution is 5.93. The first-order valence-corrected chi connectivity index (χ1v) is 4.29. The van der Waals surface area contributed by atoms with Gasteiger partial charge in [0.2, 0.25) is 11.8 Å². The molecule has 0 aliphatic rings. The number of nitrogens with one attached hydrogen (secondary N) is 1. The maximum Gasteiger partial charge on any atom is 0.326 e. The number of rotatable bonds is 5. The van der Waals surface area contributed by atoms with Gasteiger partial charge in [0.15, 0.2) is 0 Å². The van der Waals surface area contributed by atoms with E-state index in [1.165, 1.54) is 6.08 Å². The predicted octanol–water partition coefficient (Wildman–Crippen LogP) is -0.603. The van der Waals surface area contributed by atoms with Gasteiger partial charge < -0.3 is 16.2 Å². The van der Waals surface area contributed by atoms with E-state index in [1.54, 1.807) is 13.8 Å². The van der Waals surface area contributed by atoms with Gasteiger partial charge >= 0.3 is 5.97 Å². The molecule has 0 saturated carbocycles. The van der Waals surface area contributed by atoms with Crippen LogP contribution < -0.4 is 11.1 Å². The number of nitrogens with two attached hydrogens (primary N) is 1. The summed E-state index contributed by atoms with van der Waals surface area (Å²) in [6, 6.07) is -1.27.